The normalized spacial score (nSPS) is 10.7. The molecule has 0 radical (unpaired) electrons. The molecule has 0 saturated carbocycles. The van der Waals surface area contributed by atoms with Crippen LogP contribution < -0.4 is 0 Å². The van der Waals surface area contributed by atoms with Gasteiger partial charge in [0, 0.05) is 17.8 Å². The van der Waals surface area contributed by atoms with Crippen LogP contribution in [0.25, 0.3) is 0 Å². The van der Waals surface area contributed by atoms with Crippen molar-refractivity contribution in [2.75, 3.05) is 0 Å². The molecule has 0 aliphatic carbocycles. The zero-order valence-corrected chi connectivity index (χ0v) is 10.0. The van der Waals surface area contributed by atoms with Gasteiger partial charge in [-0.15, -0.1) is 0 Å². The number of halogens is 2. The fourth-order valence-electron chi connectivity index (χ4n) is 1.57. The van der Waals surface area contributed by atoms with Gasteiger partial charge < -0.3 is 9.67 Å². The first-order chi connectivity index (χ1) is 7.69. The van der Waals surface area contributed by atoms with Crippen molar-refractivity contribution in [1.29, 1.82) is 0 Å². The van der Waals surface area contributed by atoms with E-state index in [9.17, 15) is 0 Å². The number of nitrogens with zero attached hydrogens (tertiary/aromatic N) is 1. The molecule has 0 atom stereocenters. The molecule has 0 saturated heterocycles. The fraction of sp³-hybridized carbons (Fsp3) is 0.167. The highest BCUT2D eigenvalue weighted by atomic mass is 35.5. The molecule has 1 aromatic heterocycles. The highest BCUT2D eigenvalue weighted by molar-refractivity contribution is 6.30. The maximum absolute atomic E-state index is 8.99. The summed E-state index contributed by atoms with van der Waals surface area (Å²) in [4.78, 5) is 0. The molecule has 2 nitrogen and oxygen atoms in total. The summed E-state index contributed by atoms with van der Waals surface area (Å²) in [7, 11) is 0. The minimum Gasteiger partial charge on any atom is -0.392 e. The Hall–Kier alpha value is -0.960. The molecule has 16 heavy (non-hydrogen) atoms. The molecule has 0 fully saturated rings. The number of hydrogen-bond donors (Lipinski definition) is 1. The van der Waals surface area contributed by atoms with Crippen LogP contribution in [0, 0.1) is 0 Å². The van der Waals surface area contributed by atoms with E-state index in [1.807, 2.05) is 35.0 Å². The lowest BCUT2D eigenvalue weighted by Gasteiger charge is -2.05. The molecule has 2 aromatic rings. The van der Waals surface area contributed by atoms with Crippen molar-refractivity contribution in [2.24, 2.45) is 0 Å². The van der Waals surface area contributed by atoms with Gasteiger partial charge in [0.1, 0.15) is 5.15 Å². The Labute approximate surface area is 104 Å². The molecule has 1 aromatic carbocycles. The average Bonchev–Trinajstić information content (AvgIpc) is 2.60. The van der Waals surface area contributed by atoms with Crippen LogP contribution in [0.4, 0.5) is 0 Å². The summed E-state index contributed by atoms with van der Waals surface area (Å²) in [6.45, 7) is 0.654. The second-order valence-corrected chi connectivity index (χ2v) is 4.41. The molecule has 1 N–H and O–H groups in total. The number of hydrogen-bond acceptors (Lipinski definition) is 1. The zero-order valence-electron chi connectivity index (χ0n) is 8.53. The van der Waals surface area contributed by atoms with Crippen LogP contribution in [0.2, 0.25) is 10.2 Å². The van der Waals surface area contributed by atoms with Crippen LogP contribution in [0.1, 0.15) is 11.1 Å². The first-order valence-electron chi connectivity index (χ1n) is 4.89. The number of rotatable bonds is 3. The smallest absolute Gasteiger partial charge is 0.109 e. The number of aliphatic hydroxyl groups excluding tert-OH is 1. The van der Waals surface area contributed by atoms with E-state index in [2.05, 4.69) is 0 Å². The van der Waals surface area contributed by atoms with Gasteiger partial charge in [0.05, 0.1) is 6.61 Å². The van der Waals surface area contributed by atoms with Gasteiger partial charge >= 0.3 is 0 Å². The van der Waals surface area contributed by atoms with E-state index in [-0.39, 0.29) is 6.61 Å². The van der Waals surface area contributed by atoms with Crippen LogP contribution in [-0.2, 0) is 13.2 Å². The van der Waals surface area contributed by atoms with Crippen molar-refractivity contribution in [3.8, 4) is 0 Å². The standard InChI is InChI=1S/C12H11Cl2NO/c13-11-3-1-2-9(4-11)6-15-7-10(8-16)5-12(15)14/h1-5,7,16H,6,8H2. The number of aromatic nitrogens is 1. The SMILES string of the molecule is OCc1cc(Cl)n(Cc2cccc(Cl)c2)c1. The zero-order chi connectivity index (χ0) is 11.5. The highest BCUT2D eigenvalue weighted by Crippen LogP contribution is 2.18. The summed E-state index contributed by atoms with van der Waals surface area (Å²) in [5.41, 5.74) is 1.89. The van der Waals surface area contributed by atoms with E-state index in [1.165, 1.54) is 0 Å². The van der Waals surface area contributed by atoms with E-state index < -0.39 is 0 Å². The Bertz CT molecular complexity index is 494. The van der Waals surface area contributed by atoms with Crippen LogP contribution in [0.5, 0.6) is 0 Å². The molecule has 2 rings (SSSR count). The van der Waals surface area contributed by atoms with Crippen molar-refractivity contribution < 1.29 is 5.11 Å². The van der Waals surface area contributed by atoms with Crippen molar-refractivity contribution in [3.05, 3.63) is 57.8 Å². The Kier molecular flexibility index (Phi) is 3.54. The predicted octanol–water partition coefficient (Wildman–Crippen LogP) is 3.34. The van der Waals surface area contributed by atoms with Gasteiger partial charge in [0.15, 0.2) is 0 Å². The molecule has 0 aliphatic heterocycles. The second-order valence-electron chi connectivity index (χ2n) is 3.59. The van der Waals surface area contributed by atoms with Gasteiger partial charge in [-0.1, -0.05) is 35.3 Å². The minimum absolute atomic E-state index is 0.00225. The van der Waals surface area contributed by atoms with E-state index in [0.717, 1.165) is 11.1 Å². The van der Waals surface area contributed by atoms with Crippen molar-refractivity contribution >= 4 is 23.2 Å². The molecule has 84 valence electrons. The third-order valence-electron chi connectivity index (χ3n) is 2.33. The predicted molar refractivity (Wildman–Crippen MR) is 65.9 cm³/mol. The molecule has 0 aliphatic rings. The van der Waals surface area contributed by atoms with E-state index in [0.29, 0.717) is 16.7 Å². The Morgan fingerprint density at radius 1 is 1.12 bits per heavy atom. The van der Waals surface area contributed by atoms with E-state index >= 15 is 0 Å². The summed E-state index contributed by atoms with van der Waals surface area (Å²) in [6, 6.07) is 9.38. The summed E-state index contributed by atoms with van der Waals surface area (Å²) >= 11 is 11.9. The third-order valence-corrected chi connectivity index (χ3v) is 2.89. The third kappa shape index (κ3) is 2.59. The molecule has 1 heterocycles. The largest absolute Gasteiger partial charge is 0.392 e. The lowest BCUT2D eigenvalue weighted by molar-refractivity contribution is 0.282. The minimum atomic E-state index is 0.00225. The first-order valence-corrected chi connectivity index (χ1v) is 5.64. The second kappa shape index (κ2) is 4.91. The molecule has 0 amide bonds. The molecule has 0 unspecified atom stereocenters. The van der Waals surface area contributed by atoms with Crippen LogP contribution in [0.3, 0.4) is 0 Å². The van der Waals surface area contributed by atoms with Gasteiger partial charge in [-0.3, -0.25) is 0 Å². The van der Waals surface area contributed by atoms with E-state index in [1.54, 1.807) is 6.07 Å². The molecule has 4 heteroatoms. The Morgan fingerprint density at radius 2 is 1.94 bits per heavy atom. The van der Waals surface area contributed by atoms with Crippen LogP contribution in [0.15, 0.2) is 36.5 Å². The lowest BCUT2D eigenvalue weighted by Crippen LogP contribution is -1.97. The molecular formula is C12H11Cl2NO. The number of benzene rings is 1. The monoisotopic (exact) mass is 255 g/mol. The van der Waals surface area contributed by atoms with Crippen molar-refractivity contribution in [1.82, 2.24) is 4.57 Å². The van der Waals surface area contributed by atoms with Gasteiger partial charge in [-0.05, 0) is 29.3 Å². The van der Waals surface area contributed by atoms with Gasteiger partial charge in [-0.2, -0.15) is 0 Å². The van der Waals surface area contributed by atoms with E-state index in [4.69, 9.17) is 28.3 Å². The quantitative estimate of drug-likeness (QED) is 0.895. The van der Waals surface area contributed by atoms with Crippen molar-refractivity contribution in [3.63, 3.8) is 0 Å². The maximum Gasteiger partial charge on any atom is 0.109 e. The van der Waals surface area contributed by atoms with Crippen LogP contribution in [-0.4, -0.2) is 9.67 Å². The molecule has 0 spiro atoms. The van der Waals surface area contributed by atoms with Gasteiger partial charge in [0.25, 0.3) is 0 Å². The summed E-state index contributed by atoms with van der Waals surface area (Å²) in [5, 5.41) is 10.3. The average molecular weight is 256 g/mol. The maximum atomic E-state index is 8.99. The van der Waals surface area contributed by atoms with Crippen molar-refractivity contribution in [2.45, 2.75) is 13.2 Å². The topological polar surface area (TPSA) is 25.2 Å². The summed E-state index contributed by atoms with van der Waals surface area (Å²) < 4.78 is 1.87. The van der Waals surface area contributed by atoms with Crippen LogP contribution >= 0.6 is 23.2 Å². The summed E-state index contributed by atoms with van der Waals surface area (Å²) in [6.07, 6.45) is 1.84. The summed E-state index contributed by atoms with van der Waals surface area (Å²) in [5.74, 6) is 0. The highest BCUT2D eigenvalue weighted by Gasteiger charge is 2.03. The lowest BCUT2D eigenvalue weighted by atomic mass is 10.2. The Balaban J connectivity index is 2.23. The molecular weight excluding hydrogens is 245 g/mol. The Morgan fingerprint density at radius 3 is 2.56 bits per heavy atom. The number of aliphatic hydroxyl groups is 1. The first kappa shape index (κ1) is 11.5. The fourth-order valence-corrected chi connectivity index (χ4v) is 2.04. The molecule has 0 bridgehead atoms. The van der Waals surface area contributed by atoms with Gasteiger partial charge in [-0.25, -0.2) is 0 Å². The van der Waals surface area contributed by atoms with Gasteiger partial charge in [0.2, 0.25) is 0 Å².